The van der Waals surface area contributed by atoms with Crippen molar-refractivity contribution in [3.63, 3.8) is 0 Å². The predicted molar refractivity (Wildman–Crippen MR) is 128 cm³/mol. The highest BCUT2D eigenvalue weighted by Gasteiger charge is 2.34. The maximum Gasteiger partial charge on any atom is 0.258 e. The molecule has 6 heteroatoms. The van der Waals surface area contributed by atoms with Crippen molar-refractivity contribution in [2.75, 3.05) is 0 Å². The molecule has 2 heterocycles. The number of aromatic nitrogens is 2. The van der Waals surface area contributed by atoms with Gasteiger partial charge in [0.1, 0.15) is 11.8 Å². The van der Waals surface area contributed by atoms with Crippen LogP contribution in [0.1, 0.15) is 56.6 Å². The van der Waals surface area contributed by atoms with Crippen LogP contribution in [0, 0.1) is 11.3 Å². The molecule has 5 nitrogen and oxygen atoms in total. The van der Waals surface area contributed by atoms with Crippen LogP contribution in [0.4, 0.5) is 0 Å². The highest BCUT2D eigenvalue weighted by Crippen LogP contribution is 2.40. The fourth-order valence-electron chi connectivity index (χ4n) is 4.48. The third kappa shape index (κ3) is 4.20. The number of hydrogen-bond acceptors (Lipinski definition) is 5. The lowest BCUT2D eigenvalue weighted by Crippen LogP contribution is -2.18. The van der Waals surface area contributed by atoms with Crippen LogP contribution in [0.15, 0.2) is 53.1 Å². The lowest BCUT2D eigenvalue weighted by Gasteiger charge is -2.13. The number of ether oxygens (including phenoxy) is 1. The molecule has 0 saturated carbocycles. The zero-order valence-corrected chi connectivity index (χ0v) is 19.2. The van der Waals surface area contributed by atoms with Gasteiger partial charge in [0.2, 0.25) is 5.82 Å². The van der Waals surface area contributed by atoms with Gasteiger partial charge in [-0.2, -0.15) is 10.2 Å². The van der Waals surface area contributed by atoms with E-state index >= 15 is 0 Å². The lowest BCUT2D eigenvalue weighted by molar-refractivity contribution is 0.241. The summed E-state index contributed by atoms with van der Waals surface area (Å²) in [6.45, 7) is 13.1. The number of hydrogen-bond donors (Lipinski definition) is 0. The molecule has 2 aromatic carbocycles. The average molecular weight is 425 g/mol. The van der Waals surface area contributed by atoms with Crippen molar-refractivity contribution in [1.82, 2.24) is 10.1 Å². The molecule has 162 valence electrons. The van der Waals surface area contributed by atoms with Crippen molar-refractivity contribution in [2.45, 2.75) is 58.7 Å². The van der Waals surface area contributed by atoms with E-state index in [0.29, 0.717) is 41.1 Å². The molecule has 3 aromatic rings. The van der Waals surface area contributed by atoms with Gasteiger partial charge in [-0.1, -0.05) is 49.1 Å². The monoisotopic (exact) mass is 425 g/mol. The van der Waals surface area contributed by atoms with Crippen molar-refractivity contribution in [3.05, 3.63) is 65.2 Å². The summed E-state index contributed by atoms with van der Waals surface area (Å²) in [5, 5.41) is 13.8. The highest BCUT2D eigenvalue weighted by molar-refractivity contribution is 6.62. The van der Waals surface area contributed by atoms with Crippen LogP contribution in [0.25, 0.3) is 22.8 Å². The molecule has 0 N–H and O–H groups in total. The normalized spacial score (nSPS) is 15.0. The van der Waals surface area contributed by atoms with Crippen LogP contribution in [-0.2, 0) is 6.32 Å². The Morgan fingerprint density at radius 1 is 1.34 bits per heavy atom. The molecule has 1 aromatic heterocycles. The Kier molecular flexibility index (Phi) is 6.18. The fourth-order valence-corrected chi connectivity index (χ4v) is 4.48. The first-order valence-electron chi connectivity index (χ1n) is 11.2. The summed E-state index contributed by atoms with van der Waals surface area (Å²) < 4.78 is 11.3. The Hall–Kier alpha value is -3.33. The van der Waals surface area contributed by atoms with Crippen molar-refractivity contribution >= 4 is 6.71 Å². The third-order valence-electron chi connectivity index (χ3n) is 6.30. The smallest absolute Gasteiger partial charge is 0.258 e. The van der Waals surface area contributed by atoms with Crippen molar-refractivity contribution in [3.8, 4) is 34.7 Å². The summed E-state index contributed by atoms with van der Waals surface area (Å²) in [5.41, 5.74) is 6.15. The minimum absolute atomic E-state index is 0.0103. The van der Waals surface area contributed by atoms with Gasteiger partial charge in [0, 0.05) is 11.1 Å². The van der Waals surface area contributed by atoms with Crippen molar-refractivity contribution in [2.24, 2.45) is 0 Å². The second-order valence-corrected chi connectivity index (χ2v) is 8.85. The summed E-state index contributed by atoms with van der Waals surface area (Å²) >= 11 is 0. The molecule has 0 aliphatic carbocycles. The van der Waals surface area contributed by atoms with E-state index in [1.165, 1.54) is 16.7 Å². The molecule has 0 amide bonds. The van der Waals surface area contributed by atoms with Crippen LogP contribution in [0.2, 0.25) is 6.32 Å². The molecule has 0 spiro atoms. The standard InChI is InChI=1S/C26H28BN3O2/c1-6-17(4)13-27-14-23-21(18(27)5)8-7-9-22(23)25-29-26(32-30-25)19-10-11-24(31-16(2)3)20(12-19)15-28/h7-12,16,18H,4,6,13-14H2,1-3,5H3/t18-/m0/s1. The van der Waals surface area contributed by atoms with E-state index in [2.05, 4.69) is 54.8 Å². The number of benzene rings is 2. The van der Waals surface area contributed by atoms with Gasteiger partial charge >= 0.3 is 0 Å². The molecule has 32 heavy (non-hydrogen) atoms. The van der Waals surface area contributed by atoms with Crippen molar-refractivity contribution < 1.29 is 9.26 Å². The topological polar surface area (TPSA) is 71.9 Å². The molecule has 1 aliphatic heterocycles. The van der Waals surface area contributed by atoms with Gasteiger partial charge in [0.15, 0.2) is 6.71 Å². The minimum Gasteiger partial charge on any atom is -0.490 e. The molecule has 1 atom stereocenters. The van der Waals surface area contributed by atoms with E-state index < -0.39 is 0 Å². The van der Waals surface area contributed by atoms with Crippen LogP contribution in [-0.4, -0.2) is 23.0 Å². The van der Waals surface area contributed by atoms with E-state index in [1.807, 2.05) is 19.9 Å². The zero-order valence-electron chi connectivity index (χ0n) is 19.2. The third-order valence-corrected chi connectivity index (χ3v) is 6.30. The molecule has 1 aliphatic rings. The molecule has 0 bridgehead atoms. The molecule has 0 unspecified atom stereocenters. The largest absolute Gasteiger partial charge is 0.490 e. The number of rotatable bonds is 7. The number of allylic oxidation sites excluding steroid dienone is 1. The van der Waals surface area contributed by atoms with Gasteiger partial charge in [-0.25, -0.2) is 0 Å². The number of nitrogens with zero attached hydrogens (tertiary/aromatic N) is 3. The van der Waals surface area contributed by atoms with E-state index in [4.69, 9.17) is 9.26 Å². The van der Waals surface area contributed by atoms with Gasteiger partial charge in [-0.3, -0.25) is 0 Å². The zero-order chi connectivity index (χ0) is 22.8. The predicted octanol–water partition coefficient (Wildman–Crippen LogP) is 6.26. The SMILES string of the molecule is C=C(CC)CB1Cc2c(-c3noc(-c4ccc(OC(C)C)c(C#N)c4)n3)cccc2[C@@H]1C. The maximum atomic E-state index is 9.52. The van der Waals surface area contributed by atoms with Gasteiger partial charge in [-0.15, -0.1) is 6.58 Å². The molecule has 0 fully saturated rings. The van der Waals surface area contributed by atoms with Gasteiger partial charge < -0.3 is 9.26 Å². The molecular weight excluding hydrogens is 397 g/mol. The minimum atomic E-state index is -0.0103. The van der Waals surface area contributed by atoms with Crippen molar-refractivity contribution in [1.29, 1.82) is 5.26 Å². The first-order chi connectivity index (χ1) is 15.4. The molecule has 4 rings (SSSR count). The summed E-state index contributed by atoms with van der Waals surface area (Å²) in [5.74, 6) is 2.01. The Bertz CT molecular complexity index is 1190. The second kappa shape index (κ2) is 9.04. The van der Waals surface area contributed by atoms with E-state index in [1.54, 1.807) is 12.1 Å². The van der Waals surface area contributed by atoms with E-state index in [9.17, 15) is 5.26 Å². The van der Waals surface area contributed by atoms with E-state index in [0.717, 1.165) is 24.6 Å². The van der Waals surface area contributed by atoms with Gasteiger partial charge in [-0.05, 0) is 61.7 Å². The Labute approximate surface area is 190 Å². The highest BCUT2D eigenvalue weighted by atomic mass is 16.5. The lowest BCUT2D eigenvalue weighted by atomic mass is 9.39. The quantitative estimate of drug-likeness (QED) is 0.330. The van der Waals surface area contributed by atoms with Crippen LogP contribution >= 0.6 is 0 Å². The Balaban J connectivity index is 1.64. The summed E-state index contributed by atoms with van der Waals surface area (Å²) in [4.78, 5) is 4.68. The van der Waals surface area contributed by atoms with Crippen LogP contribution in [0.5, 0.6) is 5.75 Å². The first-order valence-corrected chi connectivity index (χ1v) is 11.2. The summed E-state index contributed by atoms with van der Waals surface area (Å²) in [7, 11) is 0. The molecule has 0 saturated heterocycles. The van der Waals surface area contributed by atoms with Crippen LogP contribution in [0.3, 0.4) is 0 Å². The fraction of sp³-hybridized carbons (Fsp3) is 0.346. The van der Waals surface area contributed by atoms with Gasteiger partial charge in [0.05, 0.1) is 11.7 Å². The number of fused-ring (bicyclic) bond motifs is 1. The van der Waals surface area contributed by atoms with Crippen LogP contribution < -0.4 is 4.74 Å². The summed E-state index contributed by atoms with van der Waals surface area (Å²) in [6, 6.07) is 13.9. The van der Waals surface area contributed by atoms with E-state index in [-0.39, 0.29) is 6.10 Å². The molecular formula is C26H28BN3O2. The molecule has 0 radical (unpaired) electrons. The summed E-state index contributed by atoms with van der Waals surface area (Å²) in [6.07, 6.45) is 3.05. The first kappa shape index (κ1) is 21.9. The Morgan fingerprint density at radius 2 is 2.16 bits per heavy atom. The number of nitriles is 1. The average Bonchev–Trinajstić information content (AvgIpc) is 3.39. The maximum absolute atomic E-state index is 9.52. The second-order valence-electron chi connectivity index (χ2n) is 8.85. The Morgan fingerprint density at radius 3 is 2.88 bits per heavy atom. The van der Waals surface area contributed by atoms with Gasteiger partial charge in [0.25, 0.3) is 5.89 Å².